The van der Waals surface area contributed by atoms with Crippen molar-refractivity contribution in [1.29, 1.82) is 0 Å². The van der Waals surface area contributed by atoms with Gasteiger partial charge in [0, 0.05) is 24.3 Å². The van der Waals surface area contributed by atoms with Gasteiger partial charge in [-0.05, 0) is 62.7 Å². The number of imide groups is 1. The third kappa shape index (κ3) is 4.46. The molecule has 8 nitrogen and oxygen atoms in total. The Hall–Kier alpha value is -3.75. The van der Waals surface area contributed by atoms with Crippen LogP contribution in [0.3, 0.4) is 0 Å². The molecular weight excluding hydrogens is 415 g/mol. The highest BCUT2D eigenvalue weighted by Crippen LogP contribution is 2.28. The average molecular weight is 440 g/mol. The Morgan fingerprint density at radius 3 is 2.19 bits per heavy atom. The topological polar surface area (TPSA) is 98.8 Å². The van der Waals surface area contributed by atoms with Crippen LogP contribution < -0.4 is 10.6 Å². The van der Waals surface area contributed by atoms with Crippen molar-refractivity contribution >= 4 is 29.4 Å². The number of hydrogen-bond acceptors (Lipinski definition) is 4. The number of halogens is 1. The van der Waals surface area contributed by atoms with Gasteiger partial charge in [-0.3, -0.25) is 19.3 Å². The van der Waals surface area contributed by atoms with Crippen LogP contribution in [0.15, 0.2) is 48.5 Å². The van der Waals surface area contributed by atoms with E-state index in [1.165, 1.54) is 31.2 Å². The lowest BCUT2D eigenvalue weighted by Gasteiger charge is -2.22. The molecule has 1 aliphatic rings. The molecular formula is C23H25FN4O4. The van der Waals surface area contributed by atoms with Crippen molar-refractivity contribution in [1.82, 2.24) is 15.1 Å². The van der Waals surface area contributed by atoms with E-state index in [1.54, 1.807) is 29.2 Å². The first kappa shape index (κ1) is 22.9. The van der Waals surface area contributed by atoms with Gasteiger partial charge in [0.25, 0.3) is 11.8 Å². The van der Waals surface area contributed by atoms with Gasteiger partial charge in [-0.2, -0.15) is 0 Å². The highest BCUT2D eigenvalue weighted by atomic mass is 19.1. The summed E-state index contributed by atoms with van der Waals surface area (Å²) in [6, 6.07) is 10.9. The van der Waals surface area contributed by atoms with Crippen LogP contribution in [0, 0.1) is 5.82 Å². The zero-order chi connectivity index (χ0) is 23.5. The average Bonchev–Trinajstić information content (AvgIpc) is 2.99. The Kier molecular flexibility index (Phi) is 6.57. The number of nitrogens with one attached hydrogen (secondary N) is 2. The summed E-state index contributed by atoms with van der Waals surface area (Å²) in [6.45, 7) is 6.00. The highest BCUT2D eigenvalue weighted by molar-refractivity contribution is 6.10. The smallest absolute Gasteiger partial charge is 0.325 e. The van der Waals surface area contributed by atoms with Crippen LogP contribution >= 0.6 is 0 Å². The van der Waals surface area contributed by atoms with Crippen LogP contribution in [0.25, 0.3) is 0 Å². The fraction of sp³-hybridized carbons (Fsp3) is 0.304. The summed E-state index contributed by atoms with van der Waals surface area (Å²) in [4.78, 5) is 52.6. The van der Waals surface area contributed by atoms with Crippen LogP contribution in [0.4, 0.5) is 14.9 Å². The van der Waals surface area contributed by atoms with Crippen molar-refractivity contribution in [2.75, 3.05) is 25.0 Å². The van der Waals surface area contributed by atoms with Gasteiger partial charge in [-0.15, -0.1) is 0 Å². The largest absolute Gasteiger partial charge is 0.339 e. The van der Waals surface area contributed by atoms with Gasteiger partial charge < -0.3 is 15.5 Å². The molecule has 168 valence electrons. The molecule has 2 aromatic rings. The van der Waals surface area contributed by atoms with Gasteiger partial charge in [-0.1, -0.05) is 12.1 Å². The standard InChI is InChI=1S/C23H25FN4O4/c1-4-27(5-2)20(30)15-6-12-18(13-7-15)25-19(29)14-28-21(31)23(3,26-22(28)32)16-8-10-17(24)11-9-16/h6-13H,4-5,14H2,1-3H3,(H,25,29)(H,26,32)/t23-/m1/s1. The van der Waals surface area contributed by atoms with E-state index in [-0.39, 0.29) is 5.91 Å². The van der Waals surface area contributed by atoms with E-state index in [2.05, 4.69) is 10.6 Å². The number of nitrogens with zero attached hydrogens (tertiary/aromatic N) is 2. The van der Waals surface area contributed by atoms with E-state index in [1.807, 2.05) is 13.8 Å². The van der Waals surface area contributed by atoms with Crippen LogP contribution in [-0.4, -0.2) is 53.2 Å². The van der Waals surface area contributed by atoms with Crippen molar-refractivity contribution in [3.63, 3.8) is 0 Å². The molecule has 1 fully saturated rings. The fourth-order valence-corrected chi connectivity index (χ4v) is 3.55. The van der Waals surface area contributed by atoms with Crippen molar-refractivity contribution < 1.29 is 23.6 Å². The van der Waals surface area contributed by atoms with E-state index in [4.69, 9.17) is 0 Å². The van der Waals surface area contributed by atoms with Gasteiger partial charge >= 0.3 is 6.03 Å². The van der Waals surface area contributed by atoms with Crippen molar-refractivity contribution in [2.45, 2.75) is 26.3 Å². The molecule has 9 heteroatoms. The molecule has 1 heterocycles. The molecule has 3 rings (SSSR count). The maximum atomic E-state index is 13.2. The van der Waals surface area contributed by atoms with E-state index in [0.29, 0.717) is 29.9 Å². The summed E-state index contributed by atoms with van der Waals surface area (Å²) >= 11 is 0. The molecule has 5 amide bonds. The number of carbonyl (C=O) groups is 4. The normalized spacial score (nSPS) is 17.8. The van der Waals surface area contributed by atoms with Crippen LogP contribution in [0.2, 0.25) is 0 Å². The fourth-order valence-electron chi connectivity index (χ4n) is 3.55. The Labute approximate surface area is 185 Å². The number of benzene rings is 2. The summed E-state index contributed by atoms with van der Waals surface area (Å²) in [6.07, 6.45) is 0. The maximum absolute atomic E-state index is 13.2. The number of amides is 5. The lowest BCUT2D eigenvalue weighted by molar-refractivity contribution is -0.133. The van der Waals surface area contributed by atoms with E-state index >= 15 is 0 Å². The number of anilines is 1. The zero-order valence-corrected chi connectivity index (χ0v) is 18.1. The molecule has 0 spiro atoms. The summed E-state index contributed by atoms with van der Waals surface area (Å²) in [5.74, 6) is -1.74. The molecule has 0 unspecified atom stereocenters. The maximum Gasteiger partial charge on any atom is 0.325 e. The van der Waals surface area contributed by atoms with Crippen LogP contribution in [0.5, 0.6) is 0 Å². The zero-order valence-electron chi connectivity index (χ0n) is 18.1. The first-order valence-corrected chi connectivity index (χ1v) is 10.3. The molecule has 0 aliphatic carbocycles. The third-order valence-corrected chi connectivity index (χ3v) is 5.46. The van der Waals surface area contributed by atoms with Crippen molar-refractivity contribution in [3.05, 3.63) is 65.5 Å². The number of hydrogen-bond donors (Lipinski definition) is 2. The number of carbonyl (C=O) groups excluding carboxylic acids is 4. The second kappa shape index (κ2) is 9.17. The molecule has 2 N–H and O–H groups in total. The van der Waals surface area contributed by atoms with E-state index in [9.17, 15) is 23.6 Å². The van der Waals surface area contributed by atoms with Crippen molar-refractivity contribution in [2.24, 2.45) is 0 Å². The Morgan fingerprint density at radius 2 is 1.62 bits per heavy atom. The van der Waals surface area contributed by atoms with Gasteiger partial charge in [0.15, 0.2) is 0 Å². The summed E-state index contributed by atoms with van der Waals surface area (Å²) in [5, 5.41) is 5.19. The van der Waals surface area contributed by atoms with E-state index < -0.39 is 35.7 Å². The molecule has 0 radical (unpaired) electrons. The van der Waals surface area contributed by atoms with Gasteiger partial charge in [-0.25, -0.2) is 9.18 Å². The first-order chi connectivity index (χ1) is 15.2. The predicted octanol–water partition coefficient (Wildman–Crippen LogP) is 2.71. The van der Waals surface area contributed by atoms with Gasteiger partial charge in [0.1, 0.15) is 17.9 Å². The van der Waals surface area contributed by atoms with Crippen LogP contribution in [0.1, 0.15) is 36.7 Å². The molecule has 32 heavy (non-hydrogen) atoms. The minimum atomic E-state index is -1.39. The van der Waals surface area contributed by atoms with Crippen LogP contribution in [-0.2, 0) is 15.1 Å². The second-order valence-electron chi connectivity index (χ2n) is 7.56. The van der Waals surface area contributed by atoms with Gasteiger partial charge in [0.2, 0.25) is 5.91 Å². The first-order valence-electron chi connectivity index (χ1n) is 10.3. The lowest BCUT2D eigenvalue weighted by atomic mass is 9.92. The number of urea groups is 1. The number of rotatable bonds is 7. The molecule has 1 saturated heterocycles. The molecule has 0 aromatic heterocycles. The predicted molar refractivity (Wildman–Crippen MR) is 116 cm³/mol. The quantitative estimate of drug-likeness (QED) is 0.647. The summed E-state index contributed by atoms with van der Waals surface area (Å²) in [5.41, 5.74) is -0.0544. The Balaban J connectivity index is 1.66. The van der Waals surface area contributed by atoms with Crippen molar-refractivity contribution in [3.8, 4) is 0 Å². The third-order valence-electron chi connectivity index (χ3n) is 5.46. The summed E-state index contributed by atoms with van der Waals surface area (Å²) < 4.78 is 13.2. The molecule has 1 aliphatic heterocycles. The molecule has 1 atom stereocenters. The van der Waals surface area contributed by atoms with E-state index in [0.717, 1.165) is 4.90 Å². The molecule has 0 bridgehead atoms. The molecule has 0 saturated carbocycles. The lowest BCUT2D eigenvalue weighted by Crippen LogP contribution is -2.42. The minimum Gasteiger partial charge on any atom is -0.339 e. The second-order valence-corrected chi connectivity index (χ2v) is 7.56. The summed E-state index contributed by atoms with van der Waals surface area (Å²) in [7, 11) is 0. The highest BCUT2D eigenvalue weighted by Gasteiger charge is 2.49. The SMILES string of the molecule is CCN(CC)C(=O)c1ccc(NC(=O)CN2C(=O)N[C@](C)(c3ccc(F)cc3)C2=O)cc1. The monoisotopic (exact) mass is 440 g/mol. The van der Waals surface area contributed by atoms with Gasteiger partial charge in [0.05, 0.1) is 0 Å². The molecule has 2 aromatic carbocycles. The Morgan fingerprint density at radius 1 is 1.03 bits per heavy atom. The minimum absolute atomic E-state index is 0.104. The Bertz CT molecular complexity index is 1030.